The molecule has 4 rings (SSSR count). The van der Waals surface area contributed by atoms with E-state index < -0.39 is 23.7 Å². The number of hydrogen-bond donors (Lipinski definition) is 2. The maximum atomic E-state index is 13.4. The second-order valence-electron chi connectivity index (χ2n) is 10.7. The summed E-state index contributed by atoms with van der Waals surface area (Å²) in [5.74, 6) is -2.28. The molecule has 0 radical (unpaired) electrons. The summed E-state index contributed by atoms with van der Waals surface area (Å²) in [5, 5.41) is 20.6. The van der Waals surface area contributed by atoms with E-state index in [4.69, 9.17) is 4.74 Å². The maximum Gasteiger partial charge on any atom is 0.335 e. The normalized spacial score (nSPS) is 16.9. The van der Waals surface area contributed by atoms with Crippen LogP contribution >= 0.6 is 0 Å². The van der Waals surface area contributed by atoms with Crippen molar-refractivity contribution in [3.8, 4) is 5.75 Å². The molecule has 7 nitrogen and oxygen atoms in total. The first-order valence-electron chi connectivity index (χ1n) is 13.0. The SMILES string of the molecule is CCCOc1cccc(/C(O)=C2\C(=O)C(=O)N(Cc3ccc(C(=O)O)cc3)C2c2ccc(C(C)(C)C)cc2)c1. The lowest BCUT2D eigenvalue weighted by Crippen LogP contribution is -2.29. The first kappa shape index (κ1) is 27.6. The number of carbonyl (C=O) groups is 3. The first-order valence-corrected chi connectivity index (χ1v) is 13.0. The molecule has 202 valence electrons. The van der Waals surface area contributed by atoms with Crippen molar-refractivity contribution in [1.82, 2.24) is 4.90 Å². The Balaban J connectivity index is 1.81. The van der Waals surface area contributed by atoms with Gasteiger partial charge in [0.2, 0.25) is 0 Å². The van der Waals surface area contributed by atoms with Gasteiger partial charge in [0.25, 0.3) is 11.7 Å². The van der Waals surface area contributed by atoms with Crippen LogP contribution in [-0.2, 0) is 21.5 Å². The van der Waals surface area contributed by atoms with E-state index in [1.807, 2.05) is 31.2 Å². The van der Waals surface area contributed by atoms with Crippen molar-refractivity contribution >= 4 is 23.4 Å². The maximum absolute atomic E-state index is 13.4. The van der Waals surface area contributed by atoms with Gasteiger partial charge in [-0.1, -0.05) is 76.2 Å². The average molecular weight is 528 g/mol. The highest BCUT2D eigenvalue weighted by Gasteiger charge is 2.46. The van der Waals surface area contributed by atoms with Crippen LogP contribution in [0, 0.1) is 0 Å². The summed E-state index contributed by atoms with van der Waals surface area (Å²) in [6.07, 6.45) is 0.819. The molecule has 1 fully saturated rings. The molecule has 1 aliphatic heterocycles. The molecule has 39 heavy (non-hydrogen) atoms. The molecule has 0 saturated carbocycles. The number of likely N-dealkylation sites (tertiary alicyclic amines) is 1. The van der Waals surface area contributed by atoms with Gasteiger partial charge < -0.3 is 19.8 Å². The van der Waals surface area contributed by atoms with Gasteiger partial charge in [-0.3, -0.25) is 9.59 Å². The summed E-state index contributed by atoms with van der Waals surface area (Å²) in [5.41, 5.74) is 2.85. The molecule has 0 bridgehead atoms. The van der Waals surface area contributed by atoms with Crippen LogP contribution < -0.4 is 4.74 Å². The monoisotopic (exact) mass is 527 g/mol. The van der Waals surface area contributed by atoms with Gasteiger partial charge in [0.15, 0.2) is 0 Å². The summed E-state index contributed by atoms with van der Waals surface area (Å²) < 4.78 is 5.70. The van der Waals surface area contributed by atoms with Crippen molar-refractivity contribution in [2.24, 2.45) is 0 Å². The van der Waals surface area contributed by atoms with Crippen LogP contribution in [0.5, 0.6) is 5.75 Å². The summed E-state index contributed by atoms with van der Waals surface area (Å²) in [4.78, 5) is 39.5. The largest absolute Gasteiger partial charge is 0.507 e. The second-order valence-corrected chi connectivity index (χ2v) is 10.7. The number of aliphatic hydroxyl groups is 1. The van der Waals surface area contributed by atoms with Gasteiger partial charge in [-0.2, -0.15) is 0 Å². The van der Waals surface area contributed by atoms with Gasteiger partial charge in [-0.15, -0.1) is 0 Å². The minimum absolute atomic E-state index is 0.00157. The predicted molar refractivity (Wildman–Crippen MR) is 149 cm³/mol. The topological polar surface area (TPSA) is 104 Å². The van der Waals surface area contributed by atoms with E-state index in [0.717, 1.165) is 12.0 Å². The fourth-order valence-electron chi connectivity index (χ4n) is 4.61. The van der Waals surface area contributed by atoms with Crippen molar-refractivity contribution in [2.75, 3.05) is 6.61 Å². The number of carboxylic acid groups (broad SMARTS) is 1. The zero-order valence-electron chi connectivity index (χ0n) is 22.6. The third kappa shape index (κ3) is 5.87. The van der Waals surface area contributed by atoms with E-state index in [-0.39, 0.29) is 28.9 Å². The molecule has 0 aromatic heterocycles. The fraction of sp³-hybridized carbons (Fsp3) is 0.281. The van der Waals surface area contributed by atoms with Crippen molar-refractivity contribution < 1.29 is 29.3 Å². The van der Waals surface area contributed by atoms with Gasteiger partial charge in [0.1, 0.15) is 11.5 Å². The number of amides is 1. The Morgan fingerprint density at radius 2 is 1.59 bits per heavy atom. The number of aromatic carboxylic acids is 1. The zero-order chi connectivity index (χ0) is 28.3. The fourth-order valence-corrected chi connectivity index (χ4v) is 4.61. The molecule has 3 aromatic carbocycles. The number of benzene rings is 3. The summed E-state index contributed by atoms with van der Waals surface area (Å²) in [6, 6.07) is 19.9. The number of Topliss-reactive ketones (excluding diaryl/α,β-unsaturated/α-hetero) is 1. The van der Waals surface area contributed by atoms with Crippen LogP contribution in [-0.4, -0.2) is 39.4 Å². The minimum atomic E-state index is -1.05. The molecule has 1 aliphatic rings. The molecule has 1 atom stereocenters. The molecular formula is C32H33NO6. The summed E-state index contributed by atoms with van der Waals surface area (Å²) in [7, 11) is 0. The Morgan fingerprint density at radius 3 is 2.18 bits per heavy atom. The molecule has 0 spiro atoms. The van der Waals surface area contributed by atoms with Gasteiger partial charge >= 0.3 is 5.97 Å². The highest BCUT2D eigenvalue weighted by Crippen LogP contribution is 2.41. The highest BCUT2D eigenvalue weighted by atomic mass is 16.5. The van der Waals surface area contributed by atoms with Gasteiger partial charge in [0, 0.05) is 12.1 Å². The van der Waals surface area contributed by atoms with Crippen LogP contribution in [0.15, 0.2) is 78.4 Å². The highest BCUT2D eigenvalue weighted by molar-refractivity contribution is 6.46. The smallest absolute Gasteiger partial charge is 0.335 e. The van der Waals surface area contributed by atoms with Crippen LogP contribution in [0.25, 0.3) is 5.76 Å². The minimum Gasteiger partial charge on any atom is -0.507 e. The van der Waals surface area contributed by atoms with E-state index in [1.54, 1.807) is 36.4 Å². The van der Waals surface area contributed by atoms with E-state index >= 15 is 0 Å². The molecular weight excluding hydrogens is 494 g/mol. The number of carbonyl (C=O) groups excluding carboxylic acids is 2. The van der Waals surface area contributed by atoms with Crippen molar-refractivity contribution in [3.63, 3.8) is 0 Å². The van der Waals surface area contributed by atoms with Crippen LogP contribution in [0.4, 0.5) is 0 Å². The second kappa shape index (κ2) is 11.2. The molecule has 3 aromatic rings. The number of ether oxygens (including phenoxy) is 1. The lowest BCUT2D eigenvalue weighted by molar-refractivity contribution is -0.140. The number of aliphatic hydroxyl groups excluding tert-OH is 1. The Hall–Kier alpha value is -4.39. The molecule has 0 aliphatic carbocycles. The quantitative estimate of drug-likeness (QED) is 0.209. The number of carboxylic acids is 1. The standard InChI is InChI=1S/C32H33NO6/c1-5-17-39-25-8-6-7-23(18-25)28(34)26-27(21-13-15-24(16-14-21)32(2,3)4)33(30(36)29(26)35)19-20-9-11-22(12-10-20)31(37)38/h6-16,18,27,34H,5,17,19H2,1-4H3,(H,37,38)/b28-26+. The third-order valence-corrected chi connectivity index (χ3v) is 6.77. The van der Waals surface area contributed by atoms with Crippen molar-refractivity contribution in [2.45, 2.75) is 52.1 Å². The van der Waals surface area contributed by atoms with Crippen LogP contribution in [0.2, 0.25) is 0 Å². The Bertz CT molecular complexity index is 1410. The molecule has 2 N–H and O–H groups in total. The third-order valence-electron chi connectivity index (χ3n) is 6.77. The number of rotatable bonds is 8. The Kier molecular flexibility index (Phi) is 7.90. The Morgan fingerprint density at radius 1 is 0.923 bits per heavy atom. The lowest BCUT2D eigenvalue weighted by atomic mass is 9.85. The molecule has 1 amide bonds. The number of ketones is 1. The molecule has 1 saturated heterocycles. The van der Waals surface area contributed by atoms with Crippen molar-refractivity contribution in [1.29, 1.82) is 0 Å². The van der Waals surface area contributed by atoms with E-state index in [2.05, 4.69) is 20.8 Å². The van der Waals surface area contributed by atoms with E-state index in [9.17, 15) is 24.6 Å². The summed E-state index contributed by atoms with van der Waals surface area (Å²) >= 11 is 0. The average Bonchev–Trinajstić information content (AvgIpc) is 3.16. The van der Waals surface area contributed by atoms with Crippen LogP contribution in [0.1, 0.15) is 72.8 Å². The molecule has 1 heterocycles. The van der Waals surface area contributed by atoms with E-state index in [1.165, 1.54) is 17.0 Å². The zero-order valence-corrected chi connectivity index (χ0v) is 22.6. The first-order chi connectivity index (χ1) is 18.5. The number of nitrogens with zero attached hydrogens (tertiary/aromatic N) is 1. The van der Waals surface area contributed by atoms with E-state index in [0.29, 0.717) is 29.0 Å². The van der Waals surface area contributed by atoms with Crippen molar-refractivity contribution in [3.05, 3.63) is 106 Å². The number of hydrogen-bond acceptors (Lipinski definition) is 5. The van der Waals surface area contributed by atoms with Crippen LogP contribution in [0.3, 0.4) is 0 Å². The molecule has 1 unspecified atom stereocenters. The van der Waals surface area contributed by atoms with Gasteiger partial charge in [-0.05, 0) is 52.8 Å². The molecule has 7 heteroatoms. The summed E-state index contributed by atoms with van der Waals surface area (Å²) in [6.45, 7) is 8.86. The lowest BCUT2D eigenvalue weighted by Gasteiger charge is -2.26. The Labute approximate surface area is 228 Å². The van der Waals surface area contributed by atoms with Gasteiger partial charge in [0.05, 0.1) is 23.8 Å². The van der Waals surface area contributed by atoms with Gasteiger partial charge in [-0.25, -0.2) is 4.79 Å². The predicted octanol–water partition coefficient (Wildman–Crippen LogP) is 6.09.